The van der Waals surface area contributed by atoms with Gasteiger partial charge in [-0.1, -0.05) is 0 Å². The van der Waals surface area contributed by atoms with Crippen LogP contribution in [0.15, 0.2) is 0 Å². The molecule has 0 aromatic carbocycles. The fourth-order valence-electron chi connectivity index (χ4n) is 2.09. The molecule has 2 N–H and O–H groups in total. The molecule has 1 aliphatic heterocycles. The smallest absolute Gasteiger partial charge is 0.0471 e. The molecule has 1 aliphatic rings. The van der Waals surface area contributed by atoms with Crippen molar-refractivity contribution in [2.24, 2.45) is 5.92 Å². The molecule has 0 amide bonds. The molecule has 1 unspecified atom stereocenters. The number of piperidine rings is 1. The van der Waals surface area contributed by atoms with Crippen molar-refractivity contribution >= 4 is 0 Å². The zero-order valence-electron chi connectivity index (χ0n) is 10.4. The Hall–Kier alpha value is -0.120. The Morgan fingerprint density at radius 1 is 1.40 bits per heavy atom. The molecule has 0 spiro atoms. The molecule has 1 saturated heterocycles. The predicted octanol–water partition coefficient (Wildman–Crippen LogP) is 1.08. The van der Waals surface area contributed by atoms with E-state index in [0.717, 1.165) is 19.6 Å². The number of hydrogen-bond acceptors (Lipinski definition) is 3. The first-order valence-electron chi connectivity index (χ1n) is 6.09. The maximum atomic E-state index is 9.12. The first kappa shape index (κ1) is 12.9. The number of hydrogen-bond donors (Lipinski definition) is 2. The molecule has 1 heterocycles. The van der Waals surface area contributed by atoms with Gasteiger partial charge >= 0.3 is 0 Å². The van der Waals surface area contributed by atoms with Crippen molar-refractivity contribution < 1.29 is 5.11 Å². The number of likely N-dealkylation sites (tertiary alicyclic amines) is 1. The summed E-state index contributed by atoms with van der Waals surface area (Å²) >= 11 is 0. The third-order valence-corrected chi connectivity index (χ3v) is 2.94. The van der Waals surface area contributed by atoms with Crippen molar-refractivity contribution in [3.05, 3.63) is 0 Å². The summed E-state index contributed by atoms with van der Waals surface area (Å²) in [7, 11) is 0. The topological polar surface area (TPSA) is 35.5 Å². The van der Waals surface area contributed by atoms with Crippen molar-refractivity contribution in [2.45, 2.75) is 39.2 Å². The lowest BCUT2D eigenvalue weighted by Gasteiger charge is -2.32. The number of nitrogens with one attached hydrogen (secondary N) is 1. The molecule has 1 fully saturated rings. The third kappa shape index (κ3) is 5.50. The van der Waals surface area contributed by atoms with E-state index in [9.17, 15) is 0 Å². The van der Waals surface area contributed by atoms with Crippen LogP contribution in [0.1, 0.15) is 33.6 Å². The summed E-state index contributed by atoms with van der Waals surface area (Å²) in [6.07, 6.45) is 2.43. The van der Waals surface area contributed by atoms with E-state index in [1.165, 1.54) is 19.4 Å². The van der Waals surface area contributed by atoms with Gasteiger partial charge in [0.25, 0.3) is 0 Å². The van der Waals surface area contributed by atoms with Gasteiger partial charge in [-0.15, -0.1) is 0 Å². The van der Waals surface area contributed by atoms with Crippen molar-refractivity contribution in [1.82, 2.24) is 10.2 Å². The molecule has 3 heteroatoms. The zero-order valence-corrected chi connectivity index (χ0v) is 10.4. The Morgan fingerprint density at radius 3 is 2.73 bits per heavy atom. The van der Waals surface area contributed by atoms with E-state index >= 15 is 0 Å². The normalized spacial score (nSPS) is 24.4. The van der Waals surface area contributed by atoms with E-state index < -0.39 is 0 Å². The maximum absolute atomic E-state index is 9.12. The average molecular weight is 214 g/mol. The Kier molecular flexibility index (Phi) is 5.03. The fraction of sp³-hybridized carbons (Fsp3) is 1.00. The van der Waals surface area contributed by atoms with Gasteiger partial charge in [0.05, 0.1) is 0 Å². The minimum Gasteiger partial charge on any atom is -0.396 e. The van der Waals surface area contributed by atoms with Crippen LogP contribution >= 0.6 is 0 Å². The van der Waals surface area contributed by atoms with Crippen LogP contribution in [0.4, 0.5) is 0 Å². The molecule has 0 bridgehead atoms. The molecule has 0 saturated carbocycles. The van der Waals surface area contributed by atoms with Crippen LogP contribution in [-0.4, -0.2) is 48.3 Å². The van der Waals surface area contributed by atoms with Crippen molar-refractivity contribution in [2.75, 3.05) is 32.8 Å². The summed E-state index contributed by atoms with van der Waals surface area (Å²) in [6, 6.07) is 0. The lowest BCUT2D eigenvalue weighted by Crippen LogP contribution is -2.44. The minimum atomic E-state index is 0.214. The lowest BCUT2D eigenvalue weighted by atomic mass is 9.99. The van der Waals surface area contributed by atoms with Gasteiger partial charge in [-0.25, -0.2) is 0 Å². The van der Waals surface area contributed by atoms with E-state index in [4.69, 9.17) is 5.11 Å². The molecule has 0 aromatic heterocycles. The first-order valence-corrected chi connectivity index (χ1v) is 6.09. The van der Waals surface area contributed by atoms with Gasteiger partial charge in [-0.2, -0.15) is 0 Å². The summed E-state index contributed by atoms with van der Waals surface area (Å²) in [6.45, 7) is 11.3. The van der Waals surface area contributed by atoms with Crippen LogP contribution in [0.3, 0.4) is 0 Å². The molecule has 0 aliphatic carbocycles. The van der Waals surface area contributed by atoms with Gasteiger partial charge in [0.15, 0.2) is 0 Å². The van der Waals surface area contributed by atoms with Gasteiger partial charge in [0.1, 0.15) is 0 Å². The van der Waals surface area contributed by atoms with Crippen LogP contribution in [0.25, 0.3) is 0 Å². The van der Waals surface area contributed by atoms with Crippen LogP contribution in [-0.2, 0) is 0 Å². The highest BCUT2D eigenvalue weighted by Gasteiger charge is 2.19. The quantitative estimate of drug-likeness (QED) is 0.735. The molecule has 90 valence electrons. The van der Waals surface area contributed by atoms with Crippen molar-refractivity contribution in [1.29, 1.82) is 0 Å². The predicted molar refractivity (Wildman–Crippen MR) is 64.0 cm³/mol. The van der Waals surface area contributed by atoms with Gasteiger partial charge in [0.2, 0.25) is 0 Å². The molecule has 3 nitrogen and oxygen atoms in total. The molecular formula is C12H26N2O. The van der Waals surface area contributed by atoms with E-state index in [0.29, 0.717) is 12.5 Å². The average Bonchev–Trinajstić information content (AvgIpc) is 2.16. The van der Waals surface area contributed by atoms with Crippen LogP contribution < -0.4 is 5.32 Å². The SMILES string of the molecule is CC(C)(C)NCCN1CCCC(CO)C1. The zero-order chi connectivity index (χ0) is 11.3. The van der Waals surface area contributed by atoms with E-state index in [-0.39, 0.29) is 5.54 Å². The van der Waals surface area contributed by atoms with E-state index in [1.807, 2.05) is 0 Å². The standard InChI is InChI=1S/C12H26N2O/c1-12(2,3)13-6-8-14-7-4-5-11(9-14)10-15/h11,13,15H,4-10H2,1-3H3. The van der Waals surface area contributed by atoms with Crippen molar-refractivity contribution in [3.63, 3.8) is 0 Å². The summed E-state index contributed by atoms with van der Waals surface area (Å²) in [4.78, 5) is 2.46. The highest BCUT2D eigenvalue weighted by Crippen LogP contribution is 2.15. The van der Waals surface area contributed by atoms with Gasteiger partial charge in [-0.3, -0.25) is 0 Å². The second-order valence-electron chi connectivity index (χ2n) is 5.67. The Labute approximate surface area is 93.9 Å². The monoisotopic (exact) mass is 214 g/mol. The van der Waals surface area contributed by atoms with E-state index in [1.54, 1.807) is 0 Å². The van der Waals surface area contributed by atoms with Crippen LogP contribution in [0.5, 0.6) is 0 Å². The number of nitrogens with zero attached hydrogens (tertiary/aromatic N) is 1. The summed E-state index contributed by atoms with van der Waals surface area (Å²) in [5, 5.41) is 12.6. The Morgan fingerprint density at radius 2 is 2.13 bits per heavy atom. The van der Waals surface area contributed by atoms with Gasteiger partial charge < -0.3 is 15.3 Å². The summed E-state index contributed by atoms with van der Waals surface area (Å²) < 4.78 is 0. The highest BCUT2D eigenvalue weighted by atomic mass is 16.3. The lowest BCUT2D eigenvalue weighted by molar-refractivity contribution is 0.119. The van der Waals surface area contributed by atoms with Crippen LogP contribution in [0.2, 0.25) is 0 Å². The van der Waals surface area contributed by atoms with Gasteiger partial charge in [-0.05, 0) is 46.1 Å². The largest absolute Gasteiger partial charge is 0.396 e. The highest BCUT2D eigenvalue weighted by molar-refractivity contribution is 4.75. The minimum absolute atomic E-state index is 0.214. The molecule has 1 rings (SSSR count). The second kappa shape index (κ2) is 5.83. The third-order valence-electron chi connectivity index (χ3n) is 2.94. The Bertz CT molecular complexity index is 177. The fourth-order valence-corrected chi connectivity index (χ4v) is 2.09. The van der Waals surface area contributed by atoms with Gasteiger partial charge in [0, 0.05) is 31.8 Å². The summed E-state index contributed by atoms with van der Waals surface area (Å²) in [5.74, 6) is 0.508. The number of rotatable bonds is 4. The molecule has 0 aromatic rings. The summed E-state index contributed by atoms with van der Waals surface area (Å²) in [5.41, 5.74) is 0.214. The first-order chi connectivity index (χ1) is 7.01. The number of aliphatic hydroxyl groups excluding tert-OH is 1. The molecule has 1 atom stereocenters. The number of aliphatic hydroxyl groups is 1. The molecular weight excluding hydrogens is 188 g/mol. The Balaban J connectivity index is 2.15. The van der Waals surface area contributed by atoms with Crippen molar-refractivity contribution in [3.8, 4) is 0 Å². The van der Waals surface area contributed by atoms with E-state index in [2.05, 4.69) is 31.0 Å². The van der Waals surface area contributed by atoms with Crippen LogP contribution in [0, 0.1) is 5.92 Å². The second-order valence-corrected chi connectivity index (χ2v) is 5.67. The molecule has 15 heavy (non-hydrogen) atoms. The molecule has 0 radical (unpaired) electrons. The maximum Gasteiger partial charge on any atom is 0.0471 e.